The summed E-state index contributed by atoms with van der Waals surface area (Å²) in [4.78, 5) is 49.8. The molecule has 3 aromatic carbocycles. The minimum absolute atomic E-state index is 0.0189. The minimum atomic E-state index is -0.591. The predicted octanol–water partition coefficient (Wildman–Crippen LogP) is 6.43. The van der Waals surface area contributed by atoms with Crippen molar-refractivity contribution in [1.82, 2.24) is 9.97 Å². The standard InChI is InChI=1S/C32H29Cl2N7O5/c1-3-25(44)37-21-10-7-8-18(12-21)16-41-30-20(17-40(32(41)46)29-27(33)23(42)13-24(43)28(29)34)15-36-31(39-30)35-14-19-9-5-6-11-22(19)38-26(45)4-2/h4-13,15,42-43H,2-3,14,16-17H2,1H3,(H,37,44)(H,38,45)(H,35,36,39). The molecule has 0 saturated heterocycles. The van der Waals surface area contributed by atoms with Crippen molar-refractivity contribution in [2.24, 2.45) is 0 Å². The number of nitrogens with one attached hydrogen (secondary N) is 3. The Morgan fingerprint density at radius 2 is 1.78 bits per heavy atom. The number of carbonyl (C=O) groups is 3. The van der Waals surface area contributed by atoms with Gasteiger partial charge in [-0.1, -0.05) is 67.0 Å². The fourth-order valence-electron chi connectivity index (χ4n) is 4.79. The number of nitrogens with zero attached hydrogens (tertiary/aromatic N) is 4. The summed E-state index contributed by atoms with van der Waals surface area (Å²) in [6.45, 7) is 5.43. The lowest BCUT2D eigenvalue weighted by Crippen LogP contribution is -2.47. The van der Waals surface area contributed by atoms with Crippen LogP contribution in [0.4, 0.5) is 33.6 Å². The molecule has 4 aromatic rings. The van der Waals surface area contributed by atoms with Crippen LogP contribution >= 0.6 is 23.2 Å². The van der Waals surface area contributed by atoms with E-state index in [2.05, 4.69) is 32.5 Å². The van der Waals surface area contributed by atoms with E-state index in [4.69, 9.17) is 23.2 Å². The molecule has 0 atom stereocenters. The van der Waals surface area contributed by atoms with E-state index in [1.165, 1.54) is 15.9 Å². The van der Waals surface area contributed by atoms with Crippen LogP contribution in [0.5, 0.6) is 11.5 Å². The number of aromatic nitrogens is 2. The first-order valence-corrected chi connectivity index (χ1v) is 14.8. The number of rotatable bonds is 10. The quantitative estimate of drug-likeness (QED) is 0.122. The topological polar surface area (TPSA) is 160 Å². The zero-order valence-electron chi connectivity index (χ0n) is 24.6. The molecule has 5 rings (SSSR count). The first kappa shape index (κ1) is 32.1. The number of anilines is 5. The molecular formula is C32H29Cl2N7O5. The van der Waals surface area contributed by atoms with Gasteiger partial charge in [0.2, 0.25) is 17.8 Å². The fourth-order valence-corrected chi connectivity index (χ4v) is 5.34. The highest BCUT2D eigenvalue weighted by Crippen LogP contribution is 2.47. The summed E-state index contributed by atoms with van der Waals surface area (Å²) < 4.78 is 0. The molecule has 2 heterocycles. The third kappa shape index (κ3) is 6.82. The summed E-state index contributed by atoms with van der Waals surface area (Å²) in [5, 5.41) is 28.9. The monoisotopic (exact) mass is 661 g/mol. The highest BCUT2D eigenvalue weighted by molar-refractivity contribution is 6.42. The molecule has 1 aromatic heterocycles. The summed E-state index contributed by atoms with van der Waals surface area (Å²) in [5.74, 6) is -0.914. The van der Waals surface area contributed by atoms with Gasteiger partial charge in [-0.2, -0.15) is 4.98 Å². The van der Waals surface area contributed by atoms with Gasteiger partial charge in [-0.15, -0.1) is 0 Å². The Labute approximate surface area is 274 Å². The Morgan fingerprint density at radius 3 is 2.50 bits per heavy atom. The first-order valence-electron chi connectivity index (χ1n) is 14.1. The summed E-state index contributed by atoms with van der Waals surface area (Å²) in [6, 6.07) is 14.6. The van der Waals surface area contributed by atoms with Crippen LogP contribution in [-0.4, -0.2) is 38.0 Å². The molecule has 12 nitrogen and oxygen atoms in total. The zero-order valence-corrected chi connectivity index (χ0v) is 26.1. The molecular weight excluding hydrogens is 633 g/mol. The summed E-state index contributed by atoms with van der Waals surface area (Å²) in [6.07, 6.45) is 3.02. The number of benzene rings is 3. The fraction of sp³-hybridized carbons (Fsp3) is 0.156. The molecule has 0 spiro atoms. The van der Waals surface area contributed by atoms with Crippen molar-refractivity contribution in [3.05, 3.63) is 100 Å². The largest absolute Gasteiger partial charge is 0.506 e. The van der Waals surface area contributed by atoms with Gasteiger partial charge in [0.15, 0.2) is 0 Å². The van der Waals surface area contributed by atoms with Gasteiger partial charge < -0.3 is 26.2 Å². The molecule has 14 heteroatoms. The second kappa shape index (κ2) is 13.8. The van der Waals surface area contributed by atoms with Crippen molar-refractivity contribution < 1.29 is 24.6 Å². The Kier molecular flexibility index (Phi) is 9.59. The van der Waals surface area contributed by atoms with E-state index in [1.54, 1.807) is 49.5 Å². The van der Waals surface area contributed by atoms with E-state index < -0.39 is 17.5 Å². The highest BCUT2D eigenvalue weighted by atomic mass is 35.5. The highest BCUT2D eigenvalue weighted by Gasteiger charge is 2.36. The number of urea groups is 1. The van der Waals surface area contributed by atoms with Crippen LogP contribution in [0, 0.1) is 0 Å². The lowest BCUT2D eigenvalue weighted by molar-refractivity contribution is -0.116. The second-order valence-corrected chi connectivity index (χ2v) is 11.0. The molecule has 0 bridgehead atoms. The number of hydrogen-bond donors (Lipinski definition) is 5. The van der Waals surface area contributed by atoms with Crippen LogP contribution in [0.1, 0.15) is 30.0 Å². The van der Waals surface area contributed by atoms with Crippen LogP contribution in [0.2, 0.25) is 10.0 Å². The van der Waals surface area contributed by atoms with Gasteiger partial charge in [0, 0.05) is 42.2 Å². The predicted molar refractivity (Wildman–Crippen MR) is 178 cm³/mol. The Morgan fingerprint density at radius 1 is 1.04 bits per heavy atom. The normalized spacial score (nSPS) is 12.4. The number of fused-ring (bicyclic) bond motifs is 1. The number of phenolic OH excluding ortho intramolecular Hbond substituents is 2. The number of phenols is 2. The van der Waals surface area contributed by atoms with E-state index in [1.807, 2.05) is 12.1 Å². The van der Waals surface area contributed by atoms with Gasteiger partial charge in [0.05, 0.1) is 18.8 Å². The molecule has 0 saturated carbocycles. The smallest absolute Gasteiger partial charge is 0.330 e. The number of aromatic hydroxyl groups is 2. The van der Waals surface area contributed by atoms with E-state index in [0.29, 0.717) is 34.7 Å². The van der Waals surface area contributed by atoms with Gasteiger partial charge in [-0.25, -0.2) is 9.78 Å². The van der Waals surface area contributed by atoms with Crippen LogP contribution in [-0.2, 0) is 29.2 Å². The molecule has 0 aliphatic carbocycles. The van der Waals surface area contributed by atoms with Crippen molar-refractivity contribution >= 4 is 69.9 Å². The number of para-hydroxylation sites is 1. The maximum Gasteiger partial charge on any atom is 0.330 e. The minimum Gasteiger partial charge on any atom is -0.506 e. The Hall–Kier alpha value is -5.33. The van der Waals surface area contributed by atoms with Crippen molar-refractivity contribution in [1.29, 1.82) is 0 Å². The van der Waals surface area contributed by atoms with Crippen LogP contribution in [0.3, 0.4) is 0 Å². The summed E-state index contributed by atoms with van der Waals surface area (Å²) >= 11 is 12.8. The van der Waals surface area contributed by atoms with Crippen LogP contribution < -0.4 is 25.8 Å². The number of hydrogen-bond acceptors (Lipinski definition) is 8. The van der Waals surface area contributed by atoms with Crippen molar-refractivity contribution in [3.8, 4) is 11.5 Å². The average molecular weight is 663 g/mol. The van der Waals surface area contributed by atoms with Gasteiger partial charge in [-0.3, -0.25) is 19.4 Å². The molecule has 0 fully saturated rings. The van der Waals surface area contributed by atoms with Gasteiger partial charge >= 0.3 is 6.03 Å². The Balaban J connectivity index is 1.51. The van der Waals surface area contributed by atoms with E-state index in [0.717, 1.165) is 11.6 Å². The molecule has 4 amide bonds. The number of carbonyl (C=O) groups excluding carboxylic acids is 3. The first-order chi connectivity index (χ1) is 22.1. The van der Waals surface area contributed by atoms with Gasteiger partial charge in [-0.05, 0) is 35.4 Å². The SMILES string of the molecule is C=CC(=O)Nc1ccccc1CNc1ncc2c(n1)N(Cc1cccc(NC(=O)CC)c1)C(=O)N(c1c(Cl)c(O)cc(O)c1Cl)C2. The summed E-state index contributed by atoms with van der Waals surface area (Å²) in [7, 11) is 0. The third-order valence-electron chi connectivity index (χ3n) is 7.07. The molecule has 0 radical (unpaired) electrons. The third-order valence-corrected chi connectivity index (χ3v) is 7.81. The molecule has 0 unspecified atom stereocenters. The summed E-state index contributed by atoms with van der Waals surface area (Å²) in [5.41, 5.74) is 3.02. The molecule has 1 aliphatic rings. The van der Waals surface area contributed by atoms with Crippen LogP contribution in [0.15, 0.2) is 73.4 Å². The lowest BCUT2D eigenvalue weighted by Gasteiger charge is -2.37. The molecule has 46 heavy (non-hydrogen) atoms. The average Bonchev–Trinajstić information content (AvgIpc) is 3.05. The molecule has 5 N–H and O–H groups in total. The molecule has 1 aliphatic heterocycles. The molecule has 236 valence electrons. The lowest BCUT2D eigenvalue weighted by atomic mass is 10.1. The number of amides is 4. The van der Waals surface area contributed by atoms with Crippen LogP contribution in [0.25, 0.3) is 0 Å². The van der Waals surface area contributed by atoms with Crippen molar-refractivity contribution in [2.45, 2.75) is 33.0 Å². The van der Waals surface area contributed by atoms with E-state index >= 15 is 0 Å². The van der Waals surface area contributed by atoms with Crippen molar-refractivity contribution in [3.63, 3.8) is 0 Å². The van der Waals surface area contributed by atoms with E-state index in [-0.39, 0.29) is 53.1 Å². The zero-order chi connectivity index (χ0) is 33.0. The van der Waals surface area contributed by atoms with Crippen molar-refractivity contribution in [2.75, 3.05) is 25.8 Å². The van der Waals surface area contributed by atoms with E-state index in [9.17, 15) is 24.6 Å². The van der Waals surface area contributed by atoms with Gasteiger partial charge in [0.25, 0.3) is 0 Å². The Bertz CT molecular complexity index is 1830. The maximum absolute atomic E-state index is 14.2. The maximum atomic E-state index is 14.2. The number of halogens is 2. The second-order valence-electron chi connectivity index (χ2n) is 10.2. The van der Waals surface area contributed by atoms with Gasteiger partial charge in [0.1, 0.15) is 27.4 Å².